The summed E-state index contributed by atoms with van der Waals surface area (Å²) in [4.78, 5) is 6.97. The summed E-state index contributed by atoms with van der Waals surface area (Å²) in [5.74, 6) is 0. The zero-order chi connectivity index (χ0) is 22.2. The highest BCUT2D eigenvalue weighted by molar-refractivity contribution is 7.80. The van der Waals surface area contributed by atoms with E-state index in [9.17, 15) is 0 Å². The van der Waals surface area contributed by atoms with Gasteiger partial charge in [-0.15, -0.1) is 0 Å². The lowest BCUT2D eigenvalue weighted by atomic mass is 9.96. The van der Waals surface area contributed by atoms with E-state index in [-0.39, 0.29) is 18.2 Å². The van der Waals surface area contributed by atoms with Crippen LogP contribution in [0, 0.1) is 13.8 Å². The Labute approximate surface area is 199 Å². The van der Waals surface area contributed by atoms with Crippen LogP contribution in [0.2, 0.25) is 5.02 Å². The van der Waals surface area contributed by atoms with Crippen molar-refractivity contribution in [3.8, 4) is 5.69 Å². The number of ether oxygens (including phenoxy) is 1. The number of aryl methyl sites for hydroxylation is 1. The van der Waals surface area contributed by atoms with Crippen LogP contribution in [-0.2, 0) is 4.74 Å². The monoisotopic (exact) mass is 466 g/mol. The minimum absolute atomic E-state index is 0.0238. The largest absolute Gasteiger partial charge is 0.376 e. The van der Waals surface area contributed by atoms with Crippen LogP contribution in [0.15, 0.2) is 54.7 Å². The van der Waals surface area contributed by atoms with Gasteiger partial charge in [-0.25, -0.2) is 0 Å². The Balaban J connectivity index is 1.58. The Bertz CT molecular complexity index is 1110. The van der Waals surface area contributed by atoms with E-state index in [0.29, 0.717) is 0 Å². The highest BCUT2D eigenvalue weighted by atomic mass is 35.5. The summed E-state index contributed by atoms with van der Waals surface area (Å²) >= 11 is 12.0. The van der Waals surface area contributed by atoms with Crippen molar-refractivity contribution in [3.05, 3.63) is 82.4 Å². The highest BCUT2D eigenvalue weighted by Gasteiger charge is 2.42. The first-order chi connectivity index (χ1) is 15.5. The molecule has 7 heteroatoms. The van der Waals surface area contributed by atoms with Gasteiger partial charge in [0.05, 0.1) is 23.9 Å². The fourth-order valence-electron chi connectivity index (χ4n) is 5.02. The SMILES string of the molecule is Cc1cc([C@@H]2[C@@H](c3ccccn3)NC(=S)N2C[C@H]2CCCO2)c(C)n1-c1ccc(Cl)cc1. The molecule has 5 nitrogen and oxygen atoms in total. The maximum absolute atomic E-state index is 6.13. The number of hydrogen-bond acceptors (Lipinski definition) is 3. The zero-order valence-electron chi connectivity index (χ0n) is 18.3. The average Bonchev–Trinajstić information content (AvgIpc) is 3.49. The van der Waals surface area contributed by atoms with Gasteiger partial charge in [-0.05, 0) is 86.9 Å². The van der Waals surface area contributed by atoms with Gasteiger partial charge in [0.25, 0.3) is 0 Å². The van der Waals surface area contributed by atoms with E-state index in [0.717, 1.165) is 47.5 Å². The predicted octanol–water partition coefficient (Wildman–Crippen LogP) is 5.29. The van der Waals surface area contributed by atoms with E-state index in [1.807, 2.05) is 30.5 Å². The average molecular weight is 467 g/mol. The van der Waals surface area contributed by atoms with Crippen LogP contribution in [-0.4, -0.2) is 38.8 Å². The molecule has 3 aromatic rings. The van der Waals surface area contributed by atoms with Gasteiger partial charge in [0.2, 0.25) is 0 Å². The molecular weight excluding hydrogens is 440 g/mol. The molecule has 0 spiro atoms. The number of nitrogens with one attached hydrogen (secondary N) is 1. The molecule has 0 saturated carbocycles. The number of aromatic nitrogens is 2. The fraction of sp³-hybridized carbons (Fsp3) is 0.360. The van der Waals surface area contributed by atoms with Gasteiger partial charge in [0, 0.05) is 41.4 Å². The first-order valence-corrected chi connectivity index (χ1v) is 11.9. The fourth-order valence-corrected chi connectivity index (χ4v) is 5.46. The third kappa shape index (κ3) is 3.91. The summed E-state index contributed by atoms with van der Waals surface area (Å²) in [6.07, 6.45) is 4.23. The number of benzene rings is 1. The predicted molar refractivity (Wildman–Crippen MR) is 131 cm³/mol. The Morgan fingerprint density at radius 1 is 1.19 bits per heavy atom. The van der Waals surface area contributed by atoms with Crippen LogP contribution in [0.25, 0.3) is 5.69 Å². The normalized spacial score (nSPS) is 23.0. The molecule has 32 heavy (non-hydrogen) atoms. The Morgan fingerprint density at radius 2 is 2.00 bits per heavy atom. The van der Waals surface area contributed by atoms with E-state index in [2.05, 4.69) is 57.9 Å². The van der Waals surface area contributed by atoms with Gasteiger partial charge >= 0.3 is 0 Å². The van der Waals surface area contributed by atoms with Gasteiger partial charge < -0.3 is 19.5 Å². The van der Waals surface area contributed by atoms with Crippen LogP contribution in [0.4, 0.5) is 0 Å². The summed E-state index contributed by atoms with van der Waals surface area (Å²) in [7, 11) is 0. The van der Waals surface area contributed by atoms with Crippen molar-refractivity contribution in [3.63, 3.8) is 0 Å². The van der Waals surface area contributed by atoms with Crippen molar-refractivity contribution >= 4 is 28.9 Å². The molecule has 0 amide bonds. The van der Waals surface area contributed by atoms with Gasteiger partial charge in [0.1, 0.15) is 0 Å². The summed E-state index contributed by atoms with van der Waals surface area (Å²) < 4.78 is 8.25. The topological polar surface area (TPSA) is 42.3 Å². The van der Waals surface area contributed by atoms with Gasteiger partial charge in [-0.3, -0.25) is 4.98 Å². The Kier molecular flexibility index (Phi) is 5.93. The molecule has 1 N–H and O–H groups in total. The van der Waals surface area contributed by atoms with Crippen molar-refractivity contribution < 1.29 is 4.74 Å². The third-order valence-corrected chi connectivity index (χ3v) is 7.10. The molecule has 4 heterocycles. The Morgan fingerprint density at radius 3 is 2.69 bits per heavy atom. The zero-order valence-corrected chi connectivity index (χ0v) is 19.9. The van der Waals surface area contributed by atoms with Crippen LogP contribution in [0.3, 0.4) is 0 Å². The number of pyridine rings is 1. The summed E-state index contributed by atoms with van der Waals surface area (Å²) in [5, 5.41) is 5.06. The molecule has 2 aliphatic heterocycles. The molecule has 0 aliphatic carbocycles. The van der Waals surface area contributed by atoms with Crippen molar-refractivity contribution in [1.82, 2.24) is 19.8 Å². The van der Waals surface area contributed by atoms with Gasteiger partial charge in [-0.2, -0.15) is 0 Å². The molecule has 5 rings (SSSR count). The van der Waals surface area contributed by atoms with Gasteiger partial charge in [-0.1, -0.05) is 17.7 Å². The molecule has 0 radical (unpaired) electrons. The molecule has 0 bridgehead atoms. The molecule has 2 saturated heterocycles. The van der Waals surface area contributed by atoms with Crippen LogP contribution in [0.5, 0.6) is 0 Å². The second-order valence-electron chi connectivity index (χ2n) is 8.55. The number of halogens is 1. The number of hydrogen-bond donors (Lipinski definition) is 1. The van der Waals surface area contributed by atoms with Crippen molar-refractivity contribution in [2.24, 2.45) is 0 Å². The molecule has 1 aromatic carbocycles. The summed E-state index contributed by atoms with van der Waals surface area (Å²) in [6.45, 7) is 5.94. The Hall–Kier alpha value is -2.41. The first-order valence-electron chi connectivity index (χ1n) is 11.1. The number of nitrogens with zero attached hydrogens (tertiary/aromatic N) is 3. The first kappa shape index (κ1) is 21.4. The lowest BCUT2D eigenvalue weighted by Gasteiger charge is -2.30. The number of thiocarbonyl (C=S) groups is 1. The number of rotatable bonds is 5. The van der Waals surface area contributed by atoms with Crippen LogP contribution in [0.1, 0.15) is 47.6 Å². The van der Waals surface area contributed by atoms with E-state index in [1.165, 1.54) is 17.0 Å². The lowest BCUT2D eigenvalue weighted by Crippen LogP contribution is -2.36. The molecule has 166 valence electrons. The molecule has 2 aliphatic rings. The second-order valence-corrected chi connectivity index (χ2v) is 9.38. The van der Waals surface area contributed by atoms with E-state index in [4.69, 9.17) is 28.6 Å². The molecule has 2 aromatic heterocycles. The third-order valence-electron chi connectivity index (χ3n) is 6.50. The minimum Gasteiger partial charge on any atom is -0.376 e. The van der Waals surface area contributed by atoms with E-state index >= 15 is 0 Å². The van der Waals surface area contributed by atoms with Crippen molar-refractivity contribution in [2.45, 2.75) is 44.9 Å². The second kappa shape index (κ2) is 8.85. The minimum atomic E-state index is -0.0238. The van der Waals surface area contributed by atoms with E-state index < -0.39 is 0 Å². The lowest BCUT2D eigenvalue weighted by molar-refractivity contribution is 0.0842. The standard InChI is InChI=1S/C25H27ClN4OS/c1-16-14-21(17(2)30(16)19-10-8-18(26)9-11-19)24-23(22-7-3-4-12-27-22)28-25(32)29(24)15-20-6-5-13-31-20/h3-4,7-12,14,20,23-24H,5-6,13,15H2,1-2H3,(H,28,32)/t20-,23-,24-/m1/s1. The van der Waals surface area contributed by atoms with Crippen LogP contribution >= 0.6 is 23.8 Å². The quantitative estimate of drug-likeness (QED) is 0.517. The van der Waals surface area contributed by atoms with Crippen molar-refractivity contribution in [2.75, 3.05) is 13.2 Å². The van der Waals surface area contributed by atoms with Gasteiger partial charge in [0.15, 0.2) is 5.11 Å². The molecule has 3 atom stereocenters. The summed E-state index contributed by atoms with van der Waals surface area (Å²) in [5.41, 5.74) is 5.71. The summed E-state index contributed by atoms with van der Waals surface area (Å²) in [6, 6.07) is 16.3. The highest BCUT2D eigenvalue weighted by Crippen LogP contribution is 2.42. The smallest absolute Gasteiger partial charge is 0.170 e. The molecule has 0 unspecified atom stereocenters. The maximum atomic E-state index is 6.13. The van der Waals surface area contributed by atoms with Crippen LogP contribution < -0.4 is 5.32 Å². The maximum Gasteiger partial charge on any atom is 0.170 e. The van der Waals surface area contributed by atoms with Crippen molar-refractivity contribution in [1.29, 1.82) is 0 Å². The molecular formula is C25H27ClN4OS. The van der Waals surface area contributed by atoms with E-state index in [1.54, 1.807) is 0 Å². The molecule has 2 fully saturated rings.